The van der Waals surface area contributed by atoms with Crippen LogP contribution in [-0.4, -0.2) is 48.5 Å². The number of sulfone groups is 1. The smallest absolute Gasteiger partial charge is 0.271 e. The second kappa shape index (κ2) is 6.55. The molecule has 25 heavy (non-hydrogen) atoms. The lowest BCUT2D eigenvalue weighted by atomic mass is 10.1. The maximum atomic E-state index is 13.6. The van der Waals surface area contributed by atoms with Gasteiger partial charge in [0.15, 0.2) is 9.84 Å². The van der Waals surface area contributed by atoms with Gasteiger partial charge in [-0.15, -0.1) is 0 Å². The number of hydrogen-bond donors (Lipinski definition) is 1. The Morgan fingerprint density at radius 2 is 2.12 bits per heavy atom. The molecule has 0 radical (unpaired) electrons. The molecule has 1 N–H and O–H groups in total. The van der Waals surface area contributed by atoms with E-state index in [2.05, 4.69) is 10.4 Å². The van der Waals surface area contributed by atoms with Gasteiger partial charge in [0.25, 0.3) is 5.91 Å². The topological polar surface area (TPSA) is 95.9 Å². The van der Waals surface area contributed by atoms with Crippen molar-refractivity contribution in [1.82, 2.24) is 5.01 Å². The number of hydrogen-bond acceptors (Lipinski definition) is 5. The van der Waals surface area contributed by atoms with Crippen LogP contribution >= 0.6 is 0 Å². The average molecular weight is 367 g/mol. The number of halogens is 1. The van der Waals surface area contributed by atoms with Gasteiger partial charge in [0.2, 0.25) is 5.91 Å². The summed E-state index contributed by atoms with van der Waals surface area (Å²) in [5.74, 6) is -1.38. The van der Waals surface area contributed by atoms with Gasteiger partial charge in [-0.05, 0) is 31.0 Å². The van der Waals surface area contributed by atoms with E-state index in [0.717, 1.165) is 5.01 Å². The molecule has 1 fully saturated rings. The van der Waals surface area contributed by atoms with Gasteiger partial charge in [0, 0.05) is 18.5 Å². The van der Waals surface area contributed by atoms with Crippen molar-refractivity contribution in [2.45, 2.75) is 32.2 Å². The summed E-state index contributed by atoms with van der Waals surface area (Å²) in [6.45, 7) is 1.62. The first-order chi connectivity index (χ1) is 11.7. The number of nitrogens with zero attached hydrogens (tertiary/aromatic N) is 2. The number of rotatable bonds is 3. The minimum absolute atomic E-state index is 0.0150. The van der Waals surface area contributed by atoms with Gasteiger partial charge in [-0.25, -0.2) is 17.8 Å². The van der Waals surface area contributed by atoms with E-state index in [0.29, 0.717) is 17.7 Å². The van der Waals surface area contributed by atoms with Crippen LogP contribution in [0.3, 0.4) is 0 Å². The van der Waals surface area contributed by atoms with E-state index in [-0.39, 0.29) is 36.0 Å². The summed E-state index contributed by atoms with van der Waals surface area (Å²) in [6.07, 6.45) is 0.565. The van der Waals surface area contributed by atoms with Gasteiger partial charge in [-0.3, -0.25) is 9.59 Å². The van der Waals surface area contributed by atoms with Crippen molar-refractivity contribution in [1.29, 1.82) is 0 Å². The Balaban J connectivity index is 1.76. The van der Waals surface area contributed by atoms with Crippen LogP contribution in [0.5, 0.6) is 0 Å². The van der Waals surface area contributed by atoms with Gasteiger partial charge in [0.1, 0.15) is 11.5 Å². The zero-order valence-corrected chi connectivity index (χ0v) is 14.5. The molecule has 0 spiro atoms. The first-order valence-electron chi connectivity index (χ1n) is 7.92. The molecule has 1 atom stereocenters. The third-order valence-corrected chi connectivity index (χ3v) is 6.06. The third-order valence-electron chi connectivity index (χ3n) is 4.31. The molecule has 2 amide bonds. The second-order valence-electron chi connectivity index (χ2n) is 6.26. The molecule has 0 unspecified atom stereocenters. The molecule has 0 aliphatic carbocycles. The van der Waals surface area contributed by atoms with Crippen molar-refractivity contribution in [2.24, 2.45) is 5.10 Å². The maximum absolute atomic E-state index is 13.6. The predicted molar refractivity (Wildman–Crippen MR) is 90.3 cm³/mol. The number of carbonyl (C=O) groups excluding carboxylic acids is 2. The Bertz CT molecular complexity index is 866. The summed E-state index contributed by atoms with van der Waals surface area (Å²) in [5, 5.41) is 7.76. The van der Waals surface area contributed by atoms with Crippen LogP contribution in [0.1, 0.15) is 24.8 Å². The Labute approximate surface area is 144 Å². The molecule has 1 saturated heterocycles. The average Bonchev–Trinajstić information content (AvgIpc) is 2.91. The molecule has 0 aromatic heterocycles. The van der Waals surface area contributed by atoms with Crippen molar-refractivity contribution in [3.63, 3.8) is 0 Å². The minimum atomic E-state index is -3.17. The van der Waals surface area contributed by atoms with Gasteiger partial charge in [-0.2, -0.15) is 5.10 Å². The van der Waals surface area contributed by atoms with Crippen LogP contribution in [0.15, 0.2) is 23.3 Å². The number of hydrazone groups is 1. The fourth-order valence-corrected chi connectivity index (χ4v) is 4.55. The number of carbonyl (C=O) groups is 2. The van der Waals surface area contributed by atoms with Gasteiger partial charge >= 0.3 is 0 Å². The van der Waals surface area contributed by atoms with E-state index in [4.69, 9.17) is 0 Å². The molecule has 134 valence electrons. The Hall–Kier alpha value is -2.29. The summed E-state index contributed by atoms with van der Waals surface area (Å²) in [5.41, 5.74) is 0.889. The van der Waals surface area contributed by atoms with Crippen molar-refractivity contribution in [3.05, 3.63) is 29.6 Å². The van der Waals surface area contributed by atoms with Gasteiger partial charge < -0.3 is 5.32 Å². The van der Waals surface area contributed by atoms with Crippen molar-refractivity contribution >= 4 is 33.1 Å². The number of anilines is 1. The van der Waals surface area contributed by atoms with Gasteiger partial charge in [-0.1, -0.05) is 6.07 Å². The maximum Gasteiger partial charge on any atom is 0.271 e. The molecule has 2 heterocycles. The third kappa shape index (κ3) is 3.87. The highest BCUT2D eigenvalue weighted by Gasteiger charge is 2.37. The molecular weight excluding hydrogens is 349 g/mol. The first-order valence-corrected chi connectivity index (χ1v) is 9.75. The minimum Gasteiger partial charge on any atom is -0.321 e. The quantitative estimate of drug-likeness (QED) is 0.869. The molecule has 7 nitrogen and oxygen atoms in total. The molecule has 1 aromatic carbocycles. The SMILES string of the molecule is Cc1ccc(NC(=O)C2=NN([C@H]3CCS(=O)(=O)C3)C(=O)CC2)cc1F. The zero-order chi connectivity index (χ0) is 18.2. The lowest BCUT2D eigenvalue weighted by molar-refractivity contribution is -0.133. The monoisotopic (exact) mass is 367 g/mol. The molecule has 3 rings (SSSR count). The first kappa shape index (κ1) is 17.5. The van der Waals surface area contributed by atoms with Crippen LogP contribution in [-0.2, 0) is 19.4 Å². The highest BCUT2D eigenvalue weighted by Crippen LogP contribution is 2.22. The summed E-state index contributed by atoms with van der Waals surface area (Å²) in [6, 6.07) is 3.81. The number of nitrogens with one attached hydrogen (secondary N) is 1. The molecule has 2 aliphatic heterocycles. The van der Waals surface area contributed by atoms with E-state index in [1.165, 1.54) is 6.07 Å². The lowest BCUT2D eigenvalue weighted by Gasteiger charge is -2.27. The lowest BCUT2D eigenvalue weighted by Crippen LogP contribution is -2.42. The van der Waals surface area contributed by atoms with E-state index in [1.54, 1.807) is 19.1 Å². The number of aryl methyl sites for hydroxylation is 1. The Morgan fingerprint density at radius 1 is 1.36 bits per heavy atom. The molecular formula is C16H18FN3O4S. The standard InChI is InChI=1S/C16H18FN3O4S/c1-10-2-3-11(8-13(10)17)18-16(22)14-4-5-15(21)20(19-14)12-6-7-25(23,24)9-12/h2-3,8,12H,4-7,9H2,1H3,(H,18,22)/t12-/m0/s1. The number of amides is 2. The Kier molecular flexibility index (Phi) is 4.59. The summed E-state index contributed by atoms with van der Waals surface area (Å²) >= 11 is 0. The molecule has 9 heteroatoms. The molecule has 0 saturated carbocycles. The van der Waals surface area contributed by atoms with E-state index < -0.39 is 27.6 Å². The summed E-state index contributed by atoms with van der Waals surface area (Å²) < 4.78 is 36.8. The highest BCUT2D eigenvalue weighted by molar-refractivity contribution is 7.91. The van der Waals surface area contributed by atoms with Crippen LogP contribution in [0.4, 0.5) is 10.1 Å². The van der Waals surface area contributed by atoms with E-state index in [1.807, 2.05) is 0 Å². The van der Waals surface area contributed by atoms with Crippen molar-refractivity contribution in [2.75, 3.05) is 16.8 Å². The fourth-order valence-electron chi connectivity index (χ4n) is 2.86. The predicted octanol–water partition coefficient (Wildman–Crippen LogP) is 1.24. The highest BCUT2D eigenvalue weighted by atomic mass is 32.2. The van der Waals surface area contributed by atoms with Crippen molar-refractivity contribution in [3.8, 4) is 0 Å². The van der Waals surface area contributed by atoms with Crippen LogP contribution in [0, 0.1) is 12.7 Å². The van der Waals surface area contributed by atoms with E-state index >= 15 is 0 Å². The molecule has 1 aromatic rings. The van der Waals surface area contributed by atoms with Crippen molar-refractivity contribution < 1.29 is 22.4 Å². The van der Waals surface area contributed by atoms with Crippen LogP contribution in [0.25, 0.3) is 0 Å². The van der Waals surface area contributed by atoms with Crippen LogP contribution < -0.4 is 5.32 Å². The molecule has 2 aliphatic rings. The Morgan fingerprint density at radius 3 is 2.76 bits per heavy atom. The fraction of sp³-hybridized carbons (Fsp3) is 0.438. The van der Waals surface area contributed by atoms with Crippen LogP contribution in [0.2, 0.25) is 0 Å². The normalized spacial score (nSPS) is 22.6. The zero-order valence-electron chi connectivity index (χ0n) is 13.7. The largest absolute Gasteiger partial charge is 0.321 e. The second-order valence-corrected chi connectivity index (χ2v) is 8.49. The molecule has 0 bridgehead atoms. The number of benzene rings is 1. The summed E-state index contributed by atoms with van der Waals surface area (Å²) in [7, 11) is -3.17. The summed E-state index contributed by atoms with van der Waals surface area (Å²) in [4.78, 5) is 24.4. The van der Waals surface area contributed by atoms with E-state index in [9.17, 15) is 22.4 Å². The van der Waals surface area contributed by atoms with Gasteiger partial charge in [0.05, 0.1) is 17.5 Å².